The van der Waals surface area contributed by atoms with Gasteiger partial charge >= 0.3 is 5.97 Å². The fourth-order valence-electron chi connectivity index (χ4n) is 2.60. The lowest BCUT2D eigenvalue weighted by molar-refractivity contribution is -0.147. The Morgan fingerprint density at radius 1 is 1.43 bits per heavy atom. The first kappa shape index (κ1) is 11.8. The zero-order chi connectivity index (χ0) is 9.26. The van der Waals surface area contributed by atoms with E-state index in [1.165, 1.54) is 6.42 Å². The number of piperidine rings is 2. The van der Waals surface area contributed by atoms with Crippen molar-refractivity contribution in [1.82, 2.24) is 5.32 Å². The minimum absolute atomic E-state index is 0. The molecule has 0 aromatic carbocycles. The first-order valence-corrected chi connectivity index (χ1v) is 5.17. The first-order chi connectivity index (χ1) is 6.31. The Morgan fingerprint density at radius 2 is 2.07 bits per heavy atom. The number of ether oxygens (including phenoxy) is 1. The molecule has 2 heterocycles. The van der Waals surface area contributed by atoms with Gasteiger partial charge in [-0.05, 0) is 44.2 Å². The van der Waals surface area contributed by atoms with Crippen LogP contribution in [0.5, 0.6) is 0 Å². The number of nitrogens with one attached hydrogen (secondary N) is 1. The molecular formula is C10H18ClNO2. The number of esters is 1. The van der Waals surface area contributed by atoms with Crippen LogP contribution in [0.1, 0.15) is 19.8 Å². The lowest BCUT2D eigenvalue weighted by Gasteiger charge is -2.49. The Bertz CT molecular complexity index is 196. The molecule has 0 spiro atoms. The second-order valence-electron chi connectivity index (χ2n) is 4.09. The van der Waals surface area contributed by atoms with E-state index in [0.717, 1.165) is 24.9 Å². The van der Waals surface area contributed by atoms with Crippen molar-refractivity contribution in [3.05, 3.63) is 0 Å². The lowest BCUT2D eigenvalue weighted by atomic mass is 9.61. The normalized spacial score (nSPS) is 33.9. The van der Waals surface area contributed by atoms with Crippen LogP contribution in [0, 0.1) is 17.8 Å². The summed E-state index contributed by atoms with van der Waals surface area (Å²) in [5, 5.41) is 3.37. The molecule has 0 radical (unpaired) electrons. The van der Waals surface area contributed by atoms with E-state index in [4.69, 9.17) is 4.74 Å². The van der Waals surface area contributed by atoms with Crippen molar-refractivity contribution in [2.45, 2.75) is 19.8 Å². The van der Waals surface area contributed by atoms with Gasteiger partial charge in [-0.2, -0.15) is 0 Å². The molecule has 2 bridgehead atoms. The summed E-state index contributed by atoms with van der Waals surface area (Å²) in [5.41, 5.74) is 0. The number of fused-ring (bicyclic) bond motifs is 2. The zero-order valence-electron chi connectivity index (χ0n) is 8.49. The van der Waals surface area contributed by atoms with Gasteiger partial charge in [0.05, 0.1) is 6.61 Å². The smallest absolute Gasteiger partial charge is 0.306 e. The SMILES string of the molecule is CCOC(=O)CC1C2CNC[C@H]1C2.Cl. The van der Waals surface area contributed by atoms with E-state index in [-0.39, 0.29) is 18.4 Å². The van der Waals surface area contributed by atoms with Crippen molar-refractivity contribution < 1.29 is 9.53 Å². The summed E-state index contributed by atoms with van der Waals surface area (Å²) in [6.45, 7) is 4.57. The predicted octanol–water partition coefficient (Wildman–Crippen LogP) is 1.22. The van der Waals surface area contributed by atoms with Crippen LogP contribution in [0.25, 0.3) is 0 Å². The van der Waals surface area contributed by atoms with Crippen LogP contribution in [0.2, 0.25) is 0 Å². The second-order valence-corrected chi connectivity index (χ2v) is 4.09. The summed E-state index contributed by atoms with van der Waals surface area (Å²) in [6.07, 6.45) is 1.96. The van der Waals surface area contributed by atoms with E-state index >= 15 is 0 Å². The molecule has 3 aliphatic rings. The van der Waals surface area contributed by atoms with Crippen molar-refractivity contribution in [3.63, 3.8) is 0 Å². The van der Waals surface area contributed by atoms with Crippen LogP contribution >= 0.6 is 12.4 Å². The van der Waals surface area contributed by atoms with Gasteiger partial charge in [0.2, 0.25) is 0 Å². The summed E-state index contributed by atoms with van der Waals surface area (Å²) < 4.78 is 4.95. The van der Waals surface area contributed by atoms with Crippen molar-refractivity contribution in [3.8, 4) is 0 Å². The molecule has 14 heavy (non-hydrogen) atoms. The molecule has 1 aliphatic carbocycles. The second kappa shape index (κ2) is 4.99. The van der Waals surface area contributed by atoms with Gasteiger partial charge in [0.1, 0.15) is 0 Å². The summed E-state index contributed by atoms with van der Waals surface area (Å²) in [5.74, 6) is 2.08. The Balaban J connectivity index is 0.000000980. The summed E-state index contributed by atoms with van der Waals surface area (Å²) in [7, 11) is 0. The number of hydrogen-bond acceptors (Lipinski definition) is 3. The molecular weight excluding hydrogens is 202 g/mol. The van der Waals surface area contributed by atoms with Gasteiger partial charge in [-0.15, -0.1) is 12.4 Å². The highest BCUT2D eigenvalue weighted by Gasteiger charge is 2.44. The van der Waals surface area contributed by atoms with Crippen molar-refractivity contribution in [2.24, 2.45) is 17.8 Å². The molecule has 2 saturated heterocycles. The van der Waals surface area contributed by atoms with Crippen molar-refractivity contribution in [2.75, 3.05) is 19.7 Å². The van der Waals surface area contributed by atoms with Gasteiger partial charge in [-0.1, -0.05) is 0 Å². The Labute approximate surface area is 91.0 Å². The fourth-order valence-corrected chi connectivity index (χ4v) is 2.60. The van der Waals surface area contributed by atoms with Gasteiger partial charge in [0.15, 0.2) is 0 Å². The van der Waals surface area contributed by atoms with Crippen LogP contribution in [0.3, 0.4) is 0 Å². The molecule has 3 fully saturated rings. The van der Waals surface area contributed by atoms with Gasteiger partial charge < -0.3 is 10.1 Å². The van der Waals surface area contributed by atoms with Crippen molar-refractivity contribution in [1.29, 1.82) is 0 Å². The van der Waals surface area contributed by atoms with E-state index < -0.39 is 0 Å². The van der Waals surface area contributed by atoms with Gasteiger partial charge in [0, 0.05) is 6.42 Å². The monoisotopic (exact) mass is 219 g/mol. The first-order valence-electron chi connectivity index (χ1n) is 5.17. The average Bonchev–Trinajstić information content (AvgIpc) is 2.16. The van der Waals surface area contributed by atoms with Crippen LogP contribution in [-0.4, -0.2) is 25.7 Å². The molecule has 3 nitrogen and oxygen atoms in total. The van der Waals surface area contributed by atoms with Crippen LogP contribution in [-0.2, 0) is 9.53 Å². The zero-order valence-corrected chi connectivity index (χ0v) is 9.31. The topological polar surface area (TPSA) is 38.3 Å². The number of halogens is 1. The third-order valence-corrected chi connectivity index (χ3v) is 3.34. The van der Waals surface area contributed by atoms with Crippen LogP contribution in [0.15, 0.2) is 0 Å². The Kier molecular flexibility index (Phi) is 4.20. The minimum atomic E-state index is -0.0101. The van der Waals surface area contributed by atoms with Gasteiger partial charge in [0.25, 0.3) is 0 Å². The minimum Gasteiger partial charge on any atom is -0.466 e. The molecule has 1 N–H and O–H groups in total. The number of rotatable bonds is 3. The van der Waals surface area contributed by atoms with Gasteiger partial charge in [-0.25, -0.2) is 0 Å². The summed E-state index contributed by atoms with van der Waals surface area (Å²) >= 11 is 0. The standard InChI is InChI=1S/C10H17NO2.ClH/c1-2-13-10(12)4-9-7-3-8(9)6-11-5-7;/h7-9,11H,2-6H2,1H3;1H/t7-,8?,9?;/m1./s1. The average molecular weight is 220 g/mol. The third kappa shape index (κ3) is 2.20. The number of hydrogen-bond donors (Lipinski definition) is 1. The molecule has 3 atom stereocenters. The third-order valence-electron chi connectivity index (χ3n) is 3.34. The lowest BCUT2D eigenvalue weighted by Crippen LogP contribution is -2.53. The van der Waals surface area contributed by atoms with E-state index in [1.54, 1.807) is 0 Å². The van der Waals surface area contributed by atoms with E-state index in [2.05, 4.69) is 5.32 Å². The largest absolute Gasteiger partial charge is 0.466 e. The molecule has 82 valence electrons. The molecule has 1 saturated carbocycles. The predicted molar refractivity (Wildman–Crippen MR) is 56.5 cm³/mol. The maximum absolute atomic E-state index is 11.2. The molecule has 0 aromatic heterocycles. The highest BCUT2D eigenvalue weighted by Crippen LogP contribution is 2.44. The molecule has 2 unspecified atom stereocenters. The van der Waals surface area contributed by atoms with E-state index in [0.29, 0.717) is 18.9 Å². The molecule has 3 rings (SSSR count). The van der Waals surface area contributed by atoms with E-state index in [9.17, 15) is 4.79 Å². The van der Waals surface area contributed by atoms with Crippen molar-refractivity contribution >= 4 is 18.4 Å². The number of carbonyl (C=O) groups is 1. The molecule has 0 amide bonds. The Morgan fingerprint density at radius 3 is 2.57 bits per heavy atom. The van der Waals surface area contributed by atoms with Crippen LogP contribution in [0.4, 0.5) is 0 Å². The van der Waals surface area contributed by atoms with Crippen LogP contribution < -0.4 is 5.32 Å². The van der Waals surface area contributed by atoms with Gasteiger partial charge in [-0.3, -0.25) is 4.79 Å². The maximum atomic E-state index is 11.2. The Hall–Kier alpha value is -0.280. The maximum Gasteiger partial charge on any atom is 0.306 e. The number of carbonyl (C=O) groups excluding carboxylic acids is 1. The molecule has 0 aromatic rings. The summed E-state index contributed by atoms with van der Waals surface area (Å²) in [6, 6.07) is 0. The molecule has 2 aliphatic heterocycles. The fraction of sp³-hybridized carbons (Fsp3) is 0.900. The molecule has 4 heteroatoms. The quantitative estimate of drug-likeness (QED) is 0.726. The highest BCUT2D eigenvalue weighted by atomic mass is 35.5. The van der Waals surface area contributed by atoms with E-state index in [1.807, 2.05) is 6.92 Å². The summed E-state index contributed by atoms with van der Waals surface area (Å²) in [4.78, 5) is 11.2. The highest BCUT2D eigenvalue weighted by molar-refractivity contribution is 5.85.